The van der Waals surface area contributed by atoms with Crippen LogP contribution >= 0.6 is 0 Å². The van der Waals surface area contributed by atoms with Crippen molar-refractivity contribution in [1.82, 2.24) is 13.7 Å². The fourth-order valence-electron chi connectivity index (χ4n) is 5.75. The maximum Gasteiger partial charge on any atom is 0.339 e. The molecule has 13 nitrogen and oxygen atoms in total. The van der Waals surface area contributed by atoms with Gasteiger partial charge in [0, 0.05) is 7.05 Å². The summed E-state index contributed by atoms with van der Waals surface area (Å²) in [6, 6.07) is 32.5. The van der Waals surface area contributed by atoms with E-state index in [1.54, 1.807) is 60.7 Å². The summed E-state index contributed by atoms with van der Waals surface area (Å²) in [6.07, 6.45) is -2.89. The molecule has 0 saturated carbocycles. The third kappa shape index (κ3) is 7.59. The van der Waals surface area contributed by atoms with Crippen LogP contribution in [0.25, 0.3) is 21.5 Å². The smallest absolute Gasteiger partial charge is 0.339 e. The van der Waals surface area contributed by atoms with Gasteiger partial charge in [0.25, 0.3) is 0 Å². The van der Waals surface area contributed by atoms with Crippen molar-refractivity contribution in [3.8, 4) is 0 Å². The Hall–Kier alpha value is -6.60. The van der Waals surface area contributed by atoms with E-state index in [0.717, 1.165) is 17.8 Å². The van der Waals surface area contributed by atoms with Gasteiger partial charge in [-0.15, -0.1) is 0 Å². The highest BCUT2D eigenvalue weighted by atomic mass is 16.6. The van der Waals surface area contributed by atoms with Crippen LogP contribution in [0.1, 0.15) is 31.1 Å². The van der Waals surface area contributed by atoms with E-state index in [1.807, 2.05) is 30.3 Å². The Balaban J connectivity index is 1.23. The molecule has 0 amide bonds. The van der Waals surface area contributed by atoms with Crippen LogP contribution in [0.15, 0.2) is 130 Å². The highest BCUT2D eigenvalue weighted by molar-refractivity contribution is 6.16. The molecule has 1 N–H and O–H groups in total. The standard InChI is InChI=1S/C39H33N3O10/c1-40-37(47)41(21-29(43)23-50-36(46)33-31-18-10-8-16-27(31)20-28-17-9-11-19-32(28)33)39(49)42(38(40)48)22-30(52-35(45)26-14-6-3-7-15-26)24-51-34(44)25-12-4-2-5-13-25/h2-20,29-30,43H,21-24H2,1H3. The summed E-state index contributed by atoms with van der Waals surface area (Å²) < 4.78 is 18.3. The number of hydrogen-bond acceptors (Lipinski definition) is 10. The van der Waals surface area contributed by atoms with Gasteiger partial charge in [0.2, 0.25) is 0 Å². The topological polar surface area (TPSA) is 165 Å². The number of aliphatic hydroxyl groups is 1. The number of esters is 3. The molecule has 5 aromatic carbocycles. The second-order valence-corrected chi connectivity index (χ2v) is 11.9. The number of nitrogens with zero attached hydrogens (tertiary/aromatic N) is 3. The molecule has 0 aliphatic carbocycles. The first-order valence-corrected chi connectivity index (χ1v) is 16.3. The third-order valence-electron chi connectivity index (χ3n) is 8.35. The highest BCUT2D eigenvalue weighted by Crippen LogP contribution is 2.29. The number of rotatable bonds is 12. The minimum Gasteiger partial charge on any atom is -0.459 e. The van der Waals surface area contributed by atoms with Crippen LogP contribution in [0.5, 0.6) is 0 Å². The first-order valence-electron chi connectivity index (χ1n) is 16.3. The van der Waals surface area contributed by atoms with E-state index in [4.69, 9.17) is 14.2 Å². The molecule has 0 spiro atoms. The molecule has 264 valence electrons. The van der Waals surface area contributed by atoms with Crippen LogP contribution in [-0.4, -0.2) is 62.1 Å². The van der Waals surface area contributed by atoms with Gasteiger partial charge in [0.15, 0.2) is 6.10 Å². The van der Waals surface area contributed by atoms with Crippen molar-refractivity contribution in [2.45, 2.75) is 25.3 Å². The molecule has 2 unspecified atom stereocenters. The zero-order valence-electron chi connectivity index (χ0n) is 27.9. The zero-order valence-corrected chi connectivity index (χ0v) is 27.9. The van der Waals surface area contributed by atoms with Crippen LogP contribution in [0, 0.1) is 0 Å². The number of fused-ring (bicyclic) bond motifs is 2. The molecular formula is C39H33N3O10. The van der Waals surface area contributed by atoms with Gasteiger partial charge >= 0.3 is 35.0 Å². The highest BCUT2D eigenvalue weighted by Gasteiger charge is 2.25. The van der Waals surface area contributed by atoms with Gasteiger partial charge in [0.05, 0.1) is 29.8 Å². The van der Waals surface area contributed by atoms with Gasteiger partial charge in [0.1, 0.15) is 19.3 Å². The lowest BCUT2D eigenvalue weighted by Crippen LogP contribution is -2.56. The summed E-state index contributed by atoms with van der Waals surface area (Å²) in [4.78, 5) is 79.1. The van der Waals surface area contributed by atoms with Crippen molar-refractivity contribution in [2.24, 2.45) is 7.05 Å². The normalized spacial score (nSPS) is 12.3. The lowest BCUT2D eigenvalue weighted by Gasteiger charge is -2.20. The third-order valence-corrected chi connectivity index (χ3v) is 8.35. The molecule has 0 saturated heterocycles. The molecule has 2 atom stereocenters. The molecule has 0 fully saturated rings. The maximum absolute atomic E-state index is 13.6. The average molecular weight is 704 g/mol. The number of carbonyl (C=O) groups is 3. The first-order chi connectivity index (χ1) is 25.1. The lowest BCUT2D eigenvalue weighted by atomic mass is 9.97. The molecule has 0 bridgehead atoms. The summed E-state index contributed by atoms with van der Waals surface area (Å²) >= 11 is 0. The molecule has 6 rings (SSSR count). The fourth-order valence-corrected chi connectivity index (χ4v) is 5.75. The van der Waals surface area contributed by atoms with E-state index < -0.39 is 73.5 Å². The largest absolute Gasteiger partial charge is 0.459 e. The van der Waals surface area contributed by atoms with Crippen molar-refractivity contribution in [3.05, 3.63) is 163 Å². The first kappa shape index (κ1) is 35.2. The van der Waals surface area contributed by atoms with Gasteiger partial charge in [-0.2, -0.15) is 0 Å². The Labute approximate surface area is 295 Å². The SMILES string of the molecule is Cn1c(=O)n(CC(O)COC(=O)c2c3ccccc3cc3ccccc23)c(=O)n(CC(COC(=O)c2ccccc2)OC(=O)c2ccccc2)c1=O. The Bertz CT molecular complexity index is 2400. The maximum atomic E-state index is 13.6. The van der Waals surface area contributed by atoms with Crippen molar-refractivity contribution >= 4 is 39.5 Å². The van der Waals surface area contributed by atoms with Crippen molar-refractivity contribution in [1.29, 1.82) is 0 Å². The number of carbonyl (C=O) groups excluding carboxylic acids is 3. The van der Waals surface area contributed by atoms with Crippen LogP contribution in [-0.2, 0) is 34.3 Å². The van der Waals surface area contributed by atoms with Crippen molar-refractivity contribution in [3.63, 3.8) is 0 Å². The van der Waals surface area contributed by atoms with Gasteiger partial charge in [-0.1, -0.05) is 84.9 Å². The summed E-state index contributed by atoms with van der Waals surface area (Å²) in [7, 11) is 1.13. The van der Waals surface area contributed by atoms with Crippen LogP contribution in [0.4, 0.5) is 0 Å². The van der Waals surface area contributed by atoms with Crippen molar-refractivity contribution < 1.29 is 33.7 Å². The summed E-state index contributed by atoms with van der Waals surface area (Å²) in [5, 5.41) is 13.8. The molecular weight excluding hydrogens is 670 g/mol. The Morgan fingerprint density at radius 3 is 1.65 bits per heavy atom. The van der Waals surface area contributed by atoms with Gasteiger partial charge in [-0.3, -0.25) is 0 Å². The quantitative estimate of drug-likeness (QED) is 0.114. The van der Waals surface area contributed by atoms with Gasteiger partial charge < -0.3 is 19.3 Å². The molecule has 52 heavy (non-hydrogen) atoms. The van der Waals surface area contributed by atoms with E-state index in [2.05, 4.69) is 0 Å². The molecule has 1 heterocycles. The van der Waals surface area contributed by atoms with E-state index in [9.17, 15) is 33.9 Å². The van der Waals surface area contributed by atoms with E-state index >= 15 is 0 Å². The number of aliphatic hydroxyl groups excluding tert-OH is 1. The number of aromatic nitrogens is 3. The second kappa shape index (κ2) is 15.5. The number of benzene rings is 5. The summed E-state index contributed by atoms with van der Waals surface area (Å²) in [5.41, 5.74) is -2.52. The lowest BCUT2D eigenvalue weighted by molar-refractivity contribution is -0.00631. The fraction of sp³-hybridized carbons (Fsp3) is 0.179. The predicted molar refractivity (Wildman–Crippen MR) is 190 cm³/mol. The van der Waals surface area contributed by atoms with Crippen LogP contribution in [0.3, 0.4) is 0 Å². The minimum absolute atomic E-state index is 0.168. The summed E-state index contributed by atoms with van der Waals surface area (Å²) in [6.45, 7) is -2.38. The van der Waals surface area contributed by atoms with Gasteiger partial charge in [-0.05, 0) is 51.9 Å². The molecule has 1 aromatic heterocycles. The molecule has 13 heteroatoms. The second-order valence-electron chi connectivity index (χ2n) is 11.9. The number of ether oxygens (including phenoxy) is 3. The Morgan fingerprint density at radius 1 is 0.596 bits per heavy atom. The van der Waals surface area contributed by atoms with Crippen LogP contribution < -0.4 is 17.1 Å². The molecule has 0 aliphatic rings. The zero-order chi connectivity index (χ0) is 36.8. The summed E-state index contributed by atoms with van der Waals surface area (Å²) in [5.74, 6) is -2.26. The average Bonchev–Trinajstić information content (AvgIpc) is 3.17. The van der Waals surface area contributed by atoms with Crippen molar-refractivity contribution in [2.75, 3.05) is 13.2 Å². The Morgan fingerprint density at radius 2 is 1.08 bits per heavy atom. The van der Waals surface area contributed by atoms with Crippen LogP contribution in [0.2, 0.25) is 0 Å². The predicted octanol–water partition coefficient (Wildman–Crippen LogP) is 3.32. The Kier molecular flexibility index (Phi) is 10.5. The van der Waals surface area contributed by atoms with E-state index in [1.165, 1.54) is 24.3 Å². The minimum atomic E-state index is -1.54. The number of hydrogen-bond donors (Lipinski definition) is 1. The molecule has 0 aliphatic heterocycles. The van der Waals surface area contributed by atoms with E-state index in [0.29, 0.717) is 30.0 Å². The molecule has 6 aromatic rings. The van der Waals surface area contributed by atoms with Gasteiger partial charge in [-0.25, -0.2) is 42.5 Å². The monoisotopic (exact) mass is 703 g/mol. The van der Waals surface area contributed by atoms with E-state index in [-0.39, 0.29) is 11.1 Å². The molecule has 0 radical (unpaired) electrons.